The van der Waals surface area contributed by atoms with Crippen LogP contribution in [0.15, 0.2) is 24.3 Å². The SMILES string of the molecule is O=C(N[C@@H](CCCO)C(=O)N1CCC1)c1ccc(F)cc1. The Kier molecular flexibility index (Phi) is 5.27. The second kappa shape index (κ2) is 7.17. The van der Waals surface area contributed by atoms with Crippen LogP contribution in [-0.4, -0.2) is 47.6 Å². The summed E-state index contributed by atoms with van der Waals surface area (Å²) in [5.74, 6) is -0.947. The zero-order chi connectivity index (χ0) is 15.2. The highest BCUT2D eigenvalue weighted by Crippen LogP contribution is 2.12. The lowest BCUT2D eigenvalue weighted by atomic mass is 10.1. The molecule has 1 aliphatic rings. The Labute approximate surface area is 122 Å². The van der Waals surface area contributed by atoms with Crippen LogP contribution in [0.5, 0.6) is 0 Å². The Morgan fingerprint density at radius 3 is 2.48 bits per heavy atom. The highest BCUT2D eigenvalue weighted by atomic mass is 19.1. The van der Waals surface area contributed by atoms with Gasteiger partial charge in [-0.2, -0.15) is 0 Å². The molecule has 0 saturated carbocycles. The molecule has 1 saturated heterocycles. The lowest BCUT2D eigenvalue weighted by molar-refractivity contribution is -0.136. The fourth-order valence-corrected chi connectivity index (χ4v) is 2.15. The molecule has 0 aromatic heterocycles. The third-order valence-electron chi connectivity index (χ3n) is 3.53. The number of aliphatic hydroxyl groups excluding tert-OH is 1. The van der Waals surface area contributed by atoms with Crippen LogP contribution in [0.3, 0.4) is 0 Å². The quantitative estimate of drug-likeness (QED) is 0.820. The largest absolute Gasteiger partial charge is 0.396 e. The minimum atomic E-state index is -0.644. The number of likely N-dealkylation sites (tertiary alicyclic amines) is 1. The molecule has 2 rings (SSSR count). The Morgan fingerprint density at radius 2 is 1.95 bits per heavy atom. The van der Waals surface area contributed by atoms with Crippen molar-refractivity contribution in [3.05, 3.63) is 35.6 Å². The van der Waals surface area contributed by atoms with Crippen molar-refractivity contribution in [1.82, 2.24) is 10.2 Å². The first kappa shape index (κ1) is 15.4. The smallest absolute Gasteiger partial charge is 0.251 e. The number of hydrogen-bond acceptors (Lipinski definition) is 3. The molecule has 0 spiro atoms. The van der Waals surface area contributed by atoms with Gasteiger partial charge >= 0.3 is 0 Å². The van der Waals surface area contributed by atoms with E-state index in [9.17, 15) is 14.0 Å². The van der Waals surface area contributed by atoms with Crippen molar-refractivity contribution in [3.63, 3.8) is 0 Å². The number of rotatable bonds is 6. The van der Waals surface area contributed by atoms with Gasteiger partial charge in [-0.15, -0.1) is 0 Å². The maximum absolute atomic E-state index is 12.8. The average Bonchev–Trinajstić information content (AvgIpc) is 2.42. The maximum atomic E-state index is 12.8. The molecule has 0 bridgehead atoms. The van der Waals surface area contributed by atoms with Crippen molar-refractivity contribution >= 4 is 11.8 Å². The van der Waals surface area contributed by atoms with Crippen molar-refractivity contribution in [2.24, 2.45) is 0 Å². The van der Waals surface area contributed by atoms with E-state index < -0.39 is 17.8 Å². The van der Waals surface area contributed by atoms with E-state index in [2.05, 4.69) is 5.32 Å². The summed E-state index contributed by atoms with van der Waals surface area (Å²) in [7, 11) is 0. The van der Waals surface area contributed by atoms with Crippen LogP contribution in [0.25, 0.3) is 0 Å². The molecule has 6 heteroatoms. The third-order valence-corrected chi connectivity index (χ3v) is 3.53. The van der Waals surface area contributed by atoms with Crippen LogP contribution in [0.2, 0.25) is 0 Å². The molecule has 1 aliphatic heterocycles. The molecule has 2 N–H and O–H groups in total. The van der Waals surface area contributed by atoms with Gasteiger partial charge in [-0.3, -0.25) is 9.59 Å². The molecule has 1 atom stereocenters. The van der Waals surface area contributed by atoms with Crippen LogP contribution in [0.1, 0.15) is 29.6 Å². The van der Waals surface area contributed by atoms with Crippen LogP contribution in [0, 0.1) is 5.82 Å². The number of benzene rings is 1. The topological polar surface area (TPSA) is 69.6 Å². The number of hydrogen-bond donors (Lipinski definition) is 2. The van der Waals surface area contributed by atoms with E-state index in [-0.39, 0.29) is 12.5 Å². The van der Waals surface area contributed by atoms with E-state index in [0.29, 0.717) is 31.5 Å². The molecule has 1 heterocycles. The summed E-state index contributed by atoms with van der Waals surface area (Å²) >= 11 is 0. The first-order valence-electron chi connectivity index (χ1n) is 7.08. The number of halogens is 1. The van der Waals surface area contributed by atoms with Crippen molar-refractivity contribution in [1.29, 1.82) is 0 Å². The van der Waals surface area contributed by atoms with Crippen molar-refractivity contribution in [2.75, 3.05) is 19.7 Å². The van der Waals surface area contributed by atoms with E-state index in [1.807, 2.05) is 0 Å². The minimum Gasteiger partial charge on any atom is -0.396 e. The lowest BCUT2D eigenvalue weighted by Crippen LogP contribution is -2.53. The number of nitrogens with zero attached hydrogens (tertiary/aromatic N) is 1. The second-order valence-corrected chi connectivity index (χ2v) is 5.08. The Balaban J connectivity index is 2.01. The molecule has 21 heavy (non-hydrogen) atoms. The first-order chi connectivity index (χ1) is 10.1. The summed E-state index contributed by atoms with van der Waals surface area (Å²) < 4.78 is 12.8. The molecule has 1 aromatic rings. The van der Waals surface area contributed by atoms with Crippen LogP contribution >= 0.6 is 0 Å². The summed E-state index contributed by atoms with van der Waals surface area (Å²) in [4.78, 5) is 26.0. The molecule has 1 fully saturated rings. The fraction of sp³-hybridized carbons (Fsp3) is 0.467. The van der Waals surface area contributed by atoms with Crippen molar-refractivity contribution < 1.29 is 19.1 Å². The zero-order valence-corrected chi connectivity index (χ0v) is 11.7. The van der Waals surface area contributed by atoms with Gasteiger partial charge in [0.2, 0.25) is 5.91 Å². The number of amides is 2. The van der Waals surface area contributed by atoms with E-state index in [0.717, 1.165) is 6.42 Å². The van der Waals surface area contributed by atoms with Crippen molar-refractivity contribution in [2.45, 2.75) is 25.3 Å². The summed E-state index contributed by atoms with van der Waals surface area (Å²) in [6, 6.07) is 4.52. The van der Waals surface area contributed by atoms with Crippen LogP contribution in [0.4, 0.5) is 4.39 Å². The van der Waals surface area contributed by atoms with Gasteiger partial charge < -0.3 is 15.3 Å². The van der Waals surface area contributed by atoms with Gasteiger partial charge in [0, 0.05) is 25.3 Å². The molecule has 0 unspecified atom stereocenters. The standard InChI is InChI=1S/C15H19FN2O3/c16-12-6-4-11(5-7-12)14(20)17-13(3-1-10-19)15(21)18-8-2-9-18/h4-7,13,19H,1-3,8-10H2,(H,17,20)/t13-/m0/s1. The van der Waals surface area contributed by atoms with E-state index in [1.165, 1.54) is 24.3 Å². The summed E-state index contributed by atoms with van der Waals surface area (Å²) in [6.07, 6.45) is 1.80. The highest BCUT2D eigenvalue weighted by molar-refractivity contribution is 5.97. The Bertz CT molecular complexity index is 500. The number of carbonyl (C=O) groups excluding carboxylic acids is 2. The van der Waals surface area contributed by atoms with Crippen LogP contribution in [-0.2, 0) is 4.79 Å². The molecular formula is C15H19FN2O3. The van der Waals surface area contributed by atoms with Gasteiger partial charge in [-0.1, -0.05) is 0 Å². The molecule has 114 valence electrons. The summed E-state index contributed by atoms with van der Waals surface area (Å²) in [5.41, 5.74) is 0.307. The van der Waals surface area contributed by atoms with Crippen molar-refractivity contribution in [3.8, 4) is 0 Å². The fourth-order valence-electron chi connectivity index (χ4n) is 2.15. The number of carbonyl (C=O) groups is 2. The van der Waals surface area contributed by atoms with Gasteiger partial charge in [-0.05, 0) is 43.5 Å². The number of nitrogens with one attached hydrogen (secondary N) is 1. The highest BCUT2D eigenvalue weighted by Gasteiger charge is 2.29. The maximum Gasteiger partial charge on any atom is 0.251 e. The van der Waals surface area contributed by atoms with E-state index in [1.54, 1.807) is 4.90 Å². The van der Waals surface area contributed by atoms with Gasteiger partial charge in [0.1, 0.15) is 11.9 Å². The van der Waals surface area contributed by atoms with Crippen LogP contribution < -0.4 is 5.32 Å². The van der Waals surface area contributed by atoms with Gasteiger partial charge in [-0.25, -0.2) is 4.39 Å². The summed E-state index contributed by atoms with van der Waals surface area (Å²) in [6.45, 7) is 1.39. The van der Waals surface area contributed by atoms with E-state index >= 15 is 0 Å². The molecule has 1 aromatic carbocycles. The predicted octanol–water partition coefficient (Wildman–Crippen LogP) is 0.929. The minimum absolute atomic E-state index is 0.0315. The Hall–Kier alpha value is -1.95. The Morgan fingerprint density at radius 1 is 1.29 bits per heavy atom. The lowest BCUT2D eigenvalue weighted by Gasteiger charge is -2.34. The average molecular weight is 294 g/mol. The normalized spacial score (nSPS) is 15.2. The zero-order valence-electron chi connectivity index (χ0n) is 11.7. The van der Waals surface area contributed by atoms with Gasteiger partial charge in [0.05, 0.1) is 0 Å². The van der Waals surface area contributed by atoms with Gasteiger partial charge in [0.25, 0.3) is 5.91 Å². The third kappa shape index (κ3) is 4.01. The van der Waals surface area contributed by atoms with E-state index in [4.69, 9.17) is 5.11 Å². The molecule has 0 aliphatic carbocycles. The monoisotopic (exact) mass is 294 g/mol. The second-order valence-electron chi connectivity index (χ2n) is 5.08. The molecule has 0 radical (unpaired) electrons. The molecular weight excluding hydrogens is 275 g/mol. The molecule has 2 amide bonds. The summed E-state index contributed by atoms with van der Waals surface area (Å²) in [5, 5.41) is 11.6. The first-order valence-corrected chi connectivity index (χ1v) is 7.08. The predicted molar refractivity (Wildman–Crippen MR) is 75.2 cm³/mol. The van der Waals surface area contributed by atoms with Gasteiger partial charge in [0.15, 0.2) is 0 Å². The number of aliphatic hydroxyl groups is 1. The molecule has 5 nitrogen and oxygen atoms in total.